The Bertz CT molecular complexity index is 765. The smallest absolute Gasteiger partial charge is 0.324 e. The lowest BCUT2D eigenvalue weighted by Gasteiger charge is -2.09. The van der Waals surface area contributed by atoms with Crippen LogP contribution >= 0.6 is 11.3 Å². The fraction of sp³-hybridized carbons (Fsp3) is 0.0625. The summed E-state index contributed by atoms with van der Waals surface area (Å²) < 4.78 is 7.09. The van der Waals surface area contributed by atoms with Crippen molar-refractivity contribution in [2.45, 2.75) is 0 Å². The summed E-state index contributed by atoms with van der Waals surface area (Å²) in [5.74, 6) is 0.696. The standard InChI is InChI=1S/C16H15N3O2S/c1-21-13-6-4-5-12(11-13)17-16(20)18-15-14(7-10-22-15)19-8-2-3-9-19/h2-11H,1H3,(H2,17,18,20). The first-order valence-corrected chi connectivity index (χ1v) is 7.57. The summed E-state index contributed by atoms with van der Waals surface area (Å²) in [6.07, 6.45) is 3.88. The van der Waals surface area contributed by atoms with E-state index in [0.29, 0.717) is 11.4 Å². The van der Waals surface area contributed by atoms with Gasteiger partial charge in [-0.3, -0.25) is 5.32 Å². The summed E-state index contributed by atoms with van der Waals surface area (Å²) in [5, 5.41) is 8.40. The number of ether oxygens (including phenoxy) is 1. The van der Waals surface area contributed by atoms with Crippen molar-refractivity contribution in [2.75, 3.05) is 17.7 Å². The van der Waals surface area contributed by atoms with Crippen molar-refractivity contribution in [3.8, 4) is 11.4 Å². The Morgan fingerprint density at radius 3 is 2.73 bits per heavy atom. The first kappa shape index (κ1) is 14.2. The first-order valence-electron chi connectivity index (χ1n) is 6.69. The third-order valence-corrected chi connectivity index (χ3v) is 3.90. The predicted molar refractivity (Wildman–Crippen MR) is 89.3 cm³/mol. The zero-order valence-electron chi connectivity index (χ0n) is 11.9. The van der Waals surface area contributed by atoms with Gasteiger partial charge in [0.2, 0.25) is 0 Å². The molecule has 3 aromatic rings. The van der Waals surface area contributed by atoms with Gasteiger partial charge in [0, 0.05) is 24.1 Å². The number of anilines is 2. The van der Waals surface area contributed by atoms with Crippen LogP contribution in [-0.4, -0.2) is 17.7 Å². The second-order valence-electron chi connectivity index (χ2n) is 4.54. The van der Waals surface area contributed by atoms with Crippen molar-refractivity contribution in [1.29, 1.82) is 0 Å². The number of methoxy groups -OCH3 is 1. The molecule has 0 aliphatic carbocycles. The molecule has 6 heteroatoms. The zero-order chi connectivity index (χ0) is 15.4. The lowest BCUT2D eigenvalue weighted by atomic mass is 10.3. The van der Waals surface area contributed by atoms with Gasteiger partial charge in [-0.25, -0.2) is 4.79 Å². The molecule has 0 bridgehead atoms. The molecule has 0 aliphatic heterocycles. The fourth-order valence-corrected chi connectivity index (χ4v) is 2.84. The molecule has 0 aliphatic rings. The second-order valence-corrected chi connectivity index (χ2v) is 5.45. The molecule has 0 unspecified atom stereocenters. The highest BCUT2D eigenvalue weighted by atomic mass is 32.1. The molecule has 2 aromatic heterocycles. The minimum atomic E-state index is -0.288. The Hall–Kier alpha value is -2.73. The highest BCUT2D eigenvalue weighted by molar-refractivity contribution is 7.14. The Labute approximate surface area is 132 Å². The summed E-state index contributed by atoms with van der Waals surface area (Å²) in [5.41, 5.74) is 1.62. The molecule has 22 heavy (non-hydrogen) atoms. The Balaban J connectivity index is 1.71. The van der Waals surface area contributed by atoms with E-state index in [4.69, 9.17) is 4.74 Å². The first-order chi connectivity index (χ1) is 10.8. The number of thiophene rings is 1. The van der Waals surface area contributed by atoms with Crippen molar-refractivity contribution in [2.24, 2.45) is 0 Å². The number of rotatable bonds is 4. The van der Waals surface area contributed by atoms with E-state index < -0.39 is 0 Å². The maximum atomic E-state index is 12.1. The molecule has 5 nitrogen and oxygen atoms in total. The molecule has 3 rings (SSSR count). The Morgan fingerprint density at radius 1 is 1.14 bits per heavy atom. The van der Waals surface area contributed by atoms with Crippen LogP contribution in [0.5, 0.6) is 5.75 Å². The van der Waals surface area contributed by atoms with E-state index >= 15 is 0 Å². The summed E-state index contributed by atoms with van der Waals surface area (Å²) in [6.45, 7) is 0. The Morgan fingerprint density at radius 2 is 1.95 bits per heavy atom. The number of carbonyl (C=O) groups excluding carboxylic acids is 1. The van der Waals surface area contributed by atoms with Crippen molar-refractivity contribution < 1.29 is 9.53 Å². The number of nitrogens with zero attached hydrogens (tertiary/aromatic N) is 1. The van der Waals surface area contributed by atoms with Crippen molar-refractivity contribution >= 4 is 28.1 Å². The molecule has 0 saturated heterocycles. The maximum Gasteiger partial charge on any atom is 0.324 e. The molecule has 0 radical (unpaired) electrons. The zero-order valence-corrected chi connectivity index (χ0v) is 12.8. The predicted octanol–water partition coefficient (Wildman–Crippen LogP) is 4.19. The molecule has 2 N–H and O–H groups in total. The Kier molecular flexibility index (Phi) is 4.11. The topological polar surface area (TPSA) is 55.3 Å². The van der Waals surface area contributed by atoms with Gasteiger partial charge in [-0.05, 0) is 35.7 Å². The van der Waals surface area contributed by atoms with E-state index in [0.717, 1.165) is 10.7 Å². The third-order valence-electron chi connectivity index (χ3n) is 3.08. The quantitative estimate of drug-likeness (QED) is 0.759. The van der Waals surface area contributed by atoms with Crippen LogP contribution in [-0.2, 0) is 0 Å². The second kappa shape index (κ2) is 6.36. The number of benzene rings is 1. The monoisotopic (exact) mass is 313 g/mol. The molecule has 1 aromatic carbocycles. The molecule has 0 fully saturated rings. The van der Waals surface area contributed by atoms with E-state index in [-0.39, 0.29) is 6.03 Å². The molecule has 0 spiro atoms. The van der Waals surface area contributed by atoms with Gasteiger partial charge in [0.25, 0.3) is 0 Å². The lowest BCUT2D eigenvalue weighted by molar-refractivity contribution is 0.262. The van der Waals surface area contributed by atoms with Crippen LogP contribution in [0.1, 0.15) is 0 Å². The van der Waals surface area contributed by atoms with Gasteiger partial charge in [-0.2, -0.15) is 0 Å². The SMILES string of the molecule is COc1cccc(NC(=O)Nc2sccc2-n2cccc2)c1. The normalized spacial score (nSPS) is 10.2. The number of hydrogen-bond acceptors (Lipinski definition) is 3. The third kappa shape index (κ3) is 3.12. The summed E-state index contributed by atoms with van der Waals surface area (Å²) in [6, 6.07) is 12.8. The van der Waals surface area contributed by atoms with E-state index in [1.165, 1.54) is 11.3 Å². The fourth-order valence-electron chi connectivity index (χ4n) is 2.06. The van der Waals surface area contributed by atoms with Gasteiger partial charge in [0.1, 0.15) is 10.8 Å². The largest absolute Gasteiger partial charge is 0.497 e. The molecule has 0 atom stereocenters. The number of nitrogens with one attached hydrogen (secondary N) is 2. The van der Waals surface area contributed by atoms with Crippen LogP contribution in [0.2, 0.25) is 0 Å². The summed E-state index contributed by atoms with van der Waals surface area (Å²) in [4.78, 5) is 12.1. The molecular formula is C16H15N3O2S. The molecule has 112 valence electrons. The van der Waals surface area contributed by atoms with Crippen molar-refractivity contribution in [3.63, 3.8) is 0 Å². The van der Waals surface area contributed by atoms with Gasteiger partial charge in [0.15, 0.2) is 0 Å². The van der Waals surface area contributed by atoms with Crippen LogP contribution in [0.25, 0.3) is 5.69 Å². The highest BCUT2D eigenvalue weighted by Crippen LogP contribution is 2.27. The van der Waals surface area contributed by atoms with Crippen LogP contribution in [0.4, 0.5) is 15.5 Å². The van der Waals surface area contributed by atoms with Gasteiger partial charge in [0.05, 0.1) is 12.8 Å². The van der Waals surface area contributed by atoms with E-state index in [2.05, 4.69) is 10.6 Å². The lowest BCUT2D eigenvalue weighted by Crippen LogP contribution is -2.19. The minimum absolute atomic E-state index is 0.288. The van der Waals surface area contributed by atoms with Crippen LogP contribution < -0.4 is 15.4 Å². The van der Waals surface area contributed by atoms with Gasteiger partial charge < -0.3 is 14.6 Å². The number of amides is 2. The molecule has 2 amide bonds. The summed E-state index contributed by atoms with van der Waals surface area (Å²) in [7, 11) is 1.59. The average molecular weight is 313 g/mol. The van der Waals surface area contributed by atoms with Gasteiger partial charge in [-0.1, -0.05) is 6.07 Å². The van der Waals surface area contributed by atoms with Crippen molar-refractivity contribution in [1.82, 2.24) is 4.57 Å². The van der Waals surface area contributed by atoms with E-state index in [1.807, 2.05) is 58.7 Å². The van der Waals surface area contributed by atoms with Crippen molar-refractivity contribution in [3.05, 3.63) is 60.2 Å². The van der Waals surface area contributed by atoms with Crippen LogP contribution in [0, 0.1) is 0 Å². The highest BCUT2D eigenvalue weighted by Gasteiger charge is 2.10. The number of carbonyl (C=O) groups is 1. The van der Waals surface area contributed by atoms with E-state index in [1.54, 1.807) is 13.2 Å². The van der Waals surface area contributed by atoms with Gasteiger partial charge >= 0.3 is 6.03 Å². The maximum absolute atomic E-state index is 12.1. The van der Waals surface area contributed by atoms with Crippen LogP contribution in [0.3, 0.4) is 0 Å². The molecule has 2 heterocycles. The average Bonchev–Trinajstić information content (AvgIpc) is 3.18. The van der Waals surface area contributed by atoms with E-state index in [9.17, 15) is 4.79 Å². The van der Waals surface area contributed by atoms with Crippen LogP contribution in [0.15, 0.2) is 60.2 Å². The number of urea groups is 1. The number of hydrogen-bond donors (Lipinski definition) is 2. The minimum Gasteiger partial charge on any atom is -0.497 e. The molecular weight excluding hydrogens is 298 g/mol. The number of aromatic nitrogens is 1. The summed E-state index contributed by atoms with van der Waals surface area (Å²) >= 11 is 1.48. The molecule has 0 saturated carbocycles. The van der Waals surface area contributed by atoms with Gasteiger partial charge in [-0.15, -0.1) is 11.3 Å².